The molecule has 8 nitrogen and oxygen atoms in total. The van der Waals surface area contributed by atoms with E-state index in [1.165, 1.54) is 12.8 Å². The number of H-pyrrole nitrogens is 1. The number of carbonyl (C=O) groups excluding carboxylic acids is 1. The maximum atomic E-state index is 11.5. The smallest absolute Gasteiger partial charge is 0.231 e. The number of rotatable bonds is 5. The lowest BCUT2D eigenvalue weighted by molar-refractivity contribution is -0.116. The molecular weight excluding hydrogens is 366 g/mol. The van der Waals surface area contributed by atoms with Crippen LogP contribution in [0.1, 0.15) is 32.6 Å². The van der Waals surface area contributed by atoms with E-state index >= 15 is 0 Å². The van der Waals surface area contributed by atoms with Crippen molar-refractivity contribution >= 4 is 40.1 Å². The van der Waals surface area contributed by atoms with Crippen molar-refractivity contribution in [3.05, 3.63) is 36.5 Å². The fraction of sp³-hybridized carbons (Fsp3) is 0.381. The largest absolute Gasteiger partial charge is 0.365 e. The summed E-state index contributed by atoms with van der Waals surface area (Å²) in [5.41, 5.74) is 8.75. The Balaban J connectivity index is 1.57. The number of fused-ring (bicyclic) bond motifs is 1. The topological polar surface area (TPSA) is 112 Å². The second-order valence-electron chi connectivity index (χ2n) is 7.58. The van der Waals surface area contributed by atoms with Gasteiger partial charge in [0.1, 0.15) is 11.5 Å². The van der Waals surface area contributed by atoms with E-state index in [0.717, 1.165) is 41.1 Å². The van der Waals surface area contributed by atoms with E-state index in [1.807, 2.05) is 36.5 Å². The van der Waals surface area contributed by atoms with E-state index in [0.29, 0.717) is 5.95 Å². The van der Waals surface area contributed by atoms with Gasteiger partial charge in [-0.1, -0.05) is 12.8 Å². The number of nitrogens with two attached hydrogens (primary N) is 1. The molecule has 1 saturated carbocycles. The van der Waals surface area contributed by atoms with Crippen molar-refractivity contribution in [2.75, 3.05) is 22.6 Å². The number of benzene rings is 1. The van der Waals surface area contributed by atoms with Crippen LogP contribution < -0.4 is 21.3 Å². The van der Waals surface area contributed by atoms with Gasteiger partial charge < -0.3 is 26.3 Å². The number of anilines is 4. The average molecular weight is 393 g/mol. The zero-order valence-electron chi connectivity index (χ0n) is 16.8. The zero-order chi connectivity index (χ0) is 20.4. The van der Waals surface area contributed by atoms with Crippen molar-refractivity contribution in [3.63, 3.8) is 0 Å². The minimum absolute atomic E-state index is 0.0112. The summed E-state index contributed by atoms with van der Waals surface area (Å²) in [4.78, 5) is 25.6. The molecule has 4 rings (SSSR count). The molecule has 0 saturated heterocycles. The summed E-state index contributed by atoms with van der Waals surface area (Å²) in [5, 5.41) is 7.75. The first-order valence-electron chi connectivity index (χ1n) is 10.00. The lowest BCUT2D eigenvalue weighted by atomic mass is 9.91. The quantitative estimate of drug-likeness (QED) is 0.529. The van der Waals surface area contributed by atoms with Gasteiger partial charge in [0.05, 0.1) is 5.39 Å². The maximum absolute atomic E-state index is 11.5. The van der Waals surface area contributed by atoms with Crippen LogP contribution >= 0.6 is 0 Å². The van der Waals surface area contributed by atoms with Gasteiger partial charge in [-0.2, -0.15) is 9.97 Å². The summed E-state index contributed by atoms with van der Waals surface area (Å²) in [5.74, 6) is 1.27. The molecule has 2 aromatic heterocycles. The van der Waals surface area contributed by atoms with Gasteiger partial charge in [0.2, 0.25) is 11.9 Å². The van der Waals surface area contributed by atoms with Crippen LogP contribution in [0.5, 0.6) is 0 Å². The monoisotopic (exact) mass is 393 g/mol. The highest BCUT2D eigenvalue weighted by molar-refractivity contribution is 5.91. The van der Waals surface area contributed by atoms with Crippen molar-refractivity contribution < 1.29 is 4.79 Å². The fourth-order valence-corrected chi connectivity index (χ4v) is 3.70. The van der Waals surface area contributed by atoms with Gasteiger partial charge in [0.25, 0.3) is 0 Å². The Morgan fingerprint density at radius 1 is 1.17 bits per heavy atom. The van der Waals surface area contributed by atoms with Gasteiger partial charge in [-0.15, -0.1) is 0 Å². The lowest BCUT2D eigenvalue weighted by Crippen LogP contribution is -2.42. The number of amides is 1. The number of aromatic amines is 1. The summed E-state index contributed by atoms with van der Waals surface area (Å²) in [6, 6.07) is 9.90. The van der Waals surface area contributed by atoms with Crippen molar-refractivity contribution in [2.24, 2.45) is 5.73 Å². The van der Waals surface area contributed by atoms with Crippen molar-refractivity contribution in [1.82, 2.24) is 15.0 Å². The van der Waals surface area contributed by atoms with Crippen molar-refractivity contribution in [1.29, 1.82) is 0 Å². The Bertz CT molecular complexity index is 998. The van der Waals surface area contributed by atoms with Crippen molar-refractivity contribution in [3.8, 4) is 0 Å². The third-order valence-corrected chi connectivity index (χ3v) is 5.54. The maximum Gasteiger partial charge on any atom is 0.231 e. The molecule has 1 amide bonds. The molecule has 29 heavy (non-hydrogen) atoms. The average Bonchev–Trinajstić information content (AvgIpc) is 3.18. The number of hydrogen-bond donors (Lipinski definition) is 4. The Morgan fingerprint density at radius 3 is 2.66 bits per heavy atom. The lowest BCUT2D eigenvalue weighted by Gasteiger charge is -2.30. The predicted octanol–water partition coefficient (Wildman–Crippen LogP) is 3.37. The fourth-order valence-electron chi connectivity index (χ4n) is 3.70. The molecule has 0 bridgehead atoms. The standard InChI is InChI=1S/C21H27N7O/c1-13(29)28(2)15-9-7-14(8-10-15)24-21-26-19-16(11-12-23-19)20(27-21)25-18-6-4-3-5-17(18)22/h7-12,17-18H,3-6,22H2,1-2H3,(H3,23,24,25,26,27). The van der Waals surface area contributed by atoms with Crippen LogP contribution in [0.15, 0.2) is 36.5 Å². The van der Waals surface area contributed by atoms with Crippen LogP contribution in [0, 0.1) is 0 Å². The molecule has 1 aliphatic rings. The van der Waals surface area contributed by atoms with E-state index in [2.05, 4.69) is 20.6 Å². The molecule has 2 atom stereocenters. The highest BCUT2D eigenvalue weighted by Gasteiger charge is 2.23. The molecular formula is C21H27N7O. The first kappa shape index (κ1) is 19.2. The molecule has 0 radical (unpaired) electrons. The minimum Gasteiger partial charge on any atom is -0.365 e. The second kappa shape index (κ2) is 8.08. The van der Waals surface area contributed by atoms with Crippen LogP contribution in [-0.4, -0.2) is 40.0 Å². The highest BCUT2D eigenvalue weighted by Crippen LogP contribution is 2.27. The SMILES string of the molecule is CC(=O)N(C)c1ccc(Nc2nc(NC3CCCCC3N)c3cc[nH]c3n2)cc1. The molecule has 2 heterocycles. The van der Waals surface area contributed by atoms with Gasteiger partial charge in [-0.3, -0.25) is 4.79 Å². The van der Waals surface area contributed by atoms with E-state index in [4.69, 9.17) is 10.7 Å². The molecule has 0 spiro atoms. The summed E-state index contributed by atoms with van der Waals surface area (Å²) < 4.78 is 0. The van der Waals surface area contributed by atoms with Crippen LogP contribution in [0.4, 0.5) is 23.1 Å². The van der Waals surface area contributed by atoms with Gasteiger partial charge in [-0.05, 0) is 43.2 Å². The summed E-state index contributed by atoms with van der Waals surface area (Å²) in [6.07, 6.45) is 6.31. The van der Waals surface area contributed by atoms with Crippen LogP contribution in [0.2, 0.25) is 0 Å². The molecule has 5 N–H and O–H groups in total. The van der Waals surface area contributed by atoms with E-state index in [9.17, 15) is 4.79 Å². The normalized spacial score (nSPS) is 19.1. The first-order valence-corrected chi connectivity index (χ1v) is 10.00. The molecule has 152 valence electrons. The van der Waals surface area contributed by atoms with Crippen molar-refractivity contribution in [2.45, 2.75) is 44.7 Å². The Morgan fingerprint density at radius 2 is 1.93 bits per heavy atom. The number of carbonyl (C=O) groups is 1. The molecule has 8 heteroatoms. The van der Waals surface area contributed by atoms with Crippen LogP contribution in [0.25, 0.3) is 11.0 Å². The van der Waals surface area contributed by atoms with E-state index in [1.54, 1.807) is 18.9 Å². The molecule has 1 aliphatic carbocycles. The van der Waals surface area contributed by atoms with Gasteiger partial charge in [0.15, 0.2) is 0 Å². The van der Waals surface area contributed by atoms with Crippen LogP contribution in [0.3, 0.4) is 0 Å². The number of nitrogens with one attached hydrogen (secondary N) is 3. The first-order chi connectivity index (χ1) is 14.0. The summed E-state index contributed by atoms with van der Waals surface area (Å²) in [7, 11) is 1.75. The molecule has 1 aromatic carbocycles. The molecule has 0 aliphatic heterocycles. The van der Waals surface area contributed by atoms with Gasteiger partial charge in [0, 0.05) is 43.6 Å². The molecule has 2 unspecified atom stereocenters. The van der Waals surface area contributed by atoms with E-state index in [-0.39, 0.29) is 18.0 Å². The summed E-state index contributed by atoms with van der Waals surface area (Å²) >= 11 is 0. The molecule has 1 fully saturated rings. The number of aromatic nitrogens is 3. The highest BCUT2D eigenvalue weighted by atomic mass is 16.2. The summed E-state index contributed by atoms with van der Waals surface area (Å²) in [6.45, 7) is 1.54. The molecule has 3 aromatic rings. The number of hydrogen-bond acceptors (Lipinski definition) is 6. The third-order valence-electron chi connectivity index (χ3n) is 5.54. The number of nitrogens with zero attached hydrogens (tertiary/aromatic N) is 3. The van der Waals surface area contributed by atoms with Gasteiger partial charge in [-0.25, -0.2) is 0 Å². The van der Waals surface area contributed by atoms with E-state index < -0.39 is 0 Å². The van der Waals surface area contributed by atoms with Gasteiger partial charge >= 0.3 is 0 Å². The van der Waals surface area contributed by atoms with Crippen LogP contribution in [-0.2, 0) is 4.79 Å². The second-order valence-corrected chi connectivity index (χ2v) is 7.58. The predicted molar refractivity (Wildman–Crippen MR) is 117 cm³/mol. The Labute approximate surface area is 169 Å². The zero-order valence-corrected chi connectivity index (χ0v) is 16.8. The third kappa shape index (κ3) is 4.17. The Hall–Kier alpha value is -3.13. The Kier molecular flexibility index (Phi) is 5.35. The minimum atomic E-state index is -0.0112.